The van der Waals surface area contributed by atoms with Gasteiger partial charge in [0.25, 0.3) is 5.91 Å². The van der Waals surface area contributed by atoms with Gasteiger partial charge in [-0.15, -0.1) is 17.5 Å². The molecule has 2 fully saturated rings. The summed E-state index contributed by atoms with van der Waals surface area (Å²) in [6, 6.07) is 2.38. The van der Waals surface area contributed by atoms with Crippen LogP contribution in [0.15, 0.2) is 16.8 Å². The minimum Gasteiger partial charge on any atom is -0.391 e. The van der Waals surface area contributed by atoms with Crippen LogP contribution in [0.4, 0.5) is 0 Å². The van der Waals surface area contributed by atoms with Crippen LogP contribution in [0.25, 0.3) is 0 Å². The fourth-order valence-corrected chi connectivity index (χ4v) is 4.07. The Labute approximate surface area is 169 Å². The van der Waals surface area contributed by atoms with Crippen molar-refractivity contribution in [3.63, 3.8) is 0 Å². The number of nitrogens with two attached hydrogens (primary N) is 1. The number of amides is 1. The maximum atomic E-state index is 12.8. The van der Waals surface area contributed by atoms with E-state index in [1.54, 1.807) is 15.8 Å². The summed E-state index contributed by atoms with van der Waals surface area (Å²) in [5.41, 5.74) is 7.09. The van der Waals surface area contributed by atoms with Crippen LogP contribution in [0.5, 0.6) is 0 Å². The summed E-state index contributed by atoms with van der Waals surface area (Å²) in [6.45, 7) is 2.61. The first kappa shape index (κ1) is 20.8. The molecule has 2 atom stereocenters. The highest BCUT2D eigenvalue weighted by Gasteiger charge is 2.36. The molecule has 154 valence electrons. The van der Waals surface area contributed by atoms with Crippen LogP contribution in [-0.2, 0) is 6.42 Å². The summed E-state index contributed by atoms with van der Waals surface area (Å²) in [7, 11) is 0. The molecule has 2 aromatic heterocycles. The average Bonchev–Trinajstić information content (AvgIpc) is 3.37. The molecule has 0 bridgehead atoms. The summed E-state index contributed by atoms with van der Waals surface area (Å²) in [6.07, 6.45) is 5.54. The van der Waals surface area contributed by atoms with E-state index in [9.17, 15) is 9.90 Å². The van der Waals surface area contributed by atoms with E-state index >= 15 is 0 Å². The van der Waals surface area contributed by atoms with Crippen molar-refractivity contribution in [3.8, 4) is 0 Å². The molecule has 1 saturated heterocycles. The molecule has 1 aliphatic heterocycles. The molecule has 0 spiro atoms. The van der Waals surface area contributed by atoms with Gasteiger partial charge in [0.2, 0.25) is 0 Å². The van der Waals surface area contributed by atoms with E-state index in [2.05, 4.69) is 15.5 Å². The number of carbonyl (C=O) groups is 1. The van der Waals surface area contributed by atoms with Crippen LogP contribution in [0.2, 0.25) is 0 Å². The van der Waals surface area contributed by atoms with Gasteiger partial charge in [0.15, 0.2) is 5.69 Å². The predicted octanol–water partition coefficient (Wildman–Crippen LogP) is 1.11. The number of likely N-dealkylation sites (tertiary alicyclic amines) is 1. The maximum Gasteiger partial charge on any atom is 0.276 e. The summed E-state index contributed by atoms with van der Waals surface area (Å²) in [5.74, 6) is 0.465. The molecule has 4 rings (SSSR count). The number of β-amino-alcohol motifs (C(OH)–C–C–N with tert-alkyl or cyclic N) is 1. The zero-order chi connectivity index (χ0) is 19.0. The summed E-state index contributed by atoms with van der Waals surface area (Å²) in [4.78, 5) is 14.4. The lowest BCUT2D eigenvalue weighted by Gasteiger charge is -2.25. The third-order valence-corrected chi connectivity index (χ3v) is 5.68. The smallest absolute Gasteiger partial charge is 0.276 e. The van der Waals surface area contributed by atoms with Crippen molar-refractivity contribution in [3.05, 3.63) is 29.4 Å². The molecule has 2 aliphatic rings. The van der Waals surface area contributed by atoms with E-state index in [0.29, 0.717) is 25.2 Å². The molecule has 1 aliphatic carbocycles. The van der Waals surface area contributed by atoms with Crippen molar-refractivity contribution in [1.82, 2.24) is 25.1 Å². The summed E-state index contributed by atoms with van der Waals surface area (Å²) < 4.78 is 7.03. The molecule has 3 N–H and O–H groups in total. The first-order chi connectivity index (χ1) is 13.0. The van der Waals surface area contributed by atoms with Gasteiger partial charge in [0.1, 0.15) is 5.76 Å². The molecule has 1 saturated carbocycles. The number of aromatic nitrogens is 4. The molecule has 3 heterocycles. The van der Waals surface area contributed by atoms with Crippen molar-refractivity contribution in [1.29, 1.82) is 0 Å². The molecule has 0 unspecified atom stereocenters. The highest BCUT2D eigenvalue weighted by Crippen LogP contribution is 2.27. The van der Waals surface area contributed by atoms with E-state index in [4.69, 9.17) is 10.3 Å². The number of rotatable bonds is 4. The first-order valence-electron chi connectivity index (χ1n) is 9.56. The number of halogens is 1. The second-order valence-corrected chi connectivity index (χ2v) is 7.83. The fraction of sp³-hybridized carbons (Fsp3) is 0.667. The Morgan fingerprint density at radius 3 is 2.75 bits per heavy atom. The normalized spacial score (nSPS) is 27.6. The minimum absolute atomic E-state index is 0. The highest BCUT2D eigenvalue weighted by molar-refractivity contribution is 5.92. The Morgan fingerprint density at radius 1 is 1.32 bits per heavy atom. The van der Waals surface area contributed by atoms with Crippen LogP contribution in [0.1, 0.15) is 53.7 Å². The Kier molecular flexibility index (Phi) is 6.36. The lowest BCUT2D eigenvalue weighted by molar-refractivity contribution is 0.0758. The van der Waals surface area contributed by atoms with Gasteiger partial charge in [-0.3, -0.25) is 4.79 Å². The third-order valence-electron chi connectivity index (χ3n) is 5.68. The van der Waals surface area contributed by atoms with Gasteiger partial charge in [-0.25, -0.2) is 4.68 Å². The molecule has 1 amide bonds. The van der Waals surface area contributed by atoms with Gasteiger partial charge in [-0.05, 0) is 32.6 Å². The molecular weight excluding hydrogens is 384 g/mol. The van der Waals surface area contributed by atoms with Crippen molar-refractivity contribution < 1.29 is 14.4 Å². The quantitative estimate of drug-likeness (QED) is 0.773. The molecule has 9 nitrogen and oxygen atoms in total. The van der Waals surface area contributed by atoms with Gasteiger partial charge in [0.05, 0.1) is 24.0 Å². The Morgan fingerprint density at radius 2 is 2.07 bits per heavy atom. The number of hydrogen-bond acceptors (Lipinski definition) is 7. The van der Waals surface area contributed by atoms with Crippen LogP contribution >= 0.6 is 12.4 Å². The number of aryl methyl sites for hydroxylation is 1. The van der Waals surface area contributed by atoms with Gasteiger partial charge >= 0.3 is 0 Å². The molecule has 10 heteroatoms. The van der Waals surface area contributed by atoms with Gasteiger partial charge in [0, 0.05) is 37.5 Å². The van der Waals surface area contributed by atoms with E-state index in [1.807, 2.05) is 13.0 Å². The molecular formula is C18H27ClN6O3. The zero-order valence-corrected chi connectivity index (χ0v) is 16.7. The van der Waals surface area contributed by atoms with Crippen molar-refractivity contribution in [2.24, 2.45) is 11.7 Å². The fourth-order valence-electron chi connectivity index (χ4n) is 4.07. The SMILES string of the molecule is Cc1cc(C[C@@H]2CN(C(=O)c3cn(C4CCC(N)CC4)nn3)C[C@H]2O)on1.Cl. The Balaban J connectivity index is 0.00000225. The Hall–Kier alpha value is -1.97. The predicted molar refractivity (Wildman–Crippen MR) is 103 cm³/mol. The van der Waals surface area contributed by atoms with E-state index < -0.39 is 6.10 Å². The van der Waals surface area contributed by atoms with E-state index in [1.165, 1.54) is 0 Å². The zero-order valence-electron chi connectivity index (χ0n) is 15.9. The summed E-state index contributed by atoms with van der Waals surface area (Å²) in [5, 5.41) is 22.5. The van der Waals surface area contributed by atoms with Crippen LogP contribution in [0.3, 0.4) is 0 Å². The molecule has 28 heavy (non-hydrogen) atoms. The van der Waals surface area contributed by atoms with Crippen molar-refractivity contribution in [2.45, 2.75) is 57.2 Å². The van der Waals surface area contributed by atoms with E-state index in [-0.39, 0.29) is 36.3 Å². The third kappa shape index (κ3) is 4.37. The standard InChI is InChI=1S/C18H26N6O3.ClH/c1-11-6-15(27-21-11)7-12-8-23(10-17(12)25)18(26)16-9-24(22-20-16)14-4-2-13(19)3-5-14;/h6,9,12-14,17,25H,2-5,7-8,10,19H2,1H3;1H/t12-,13?,14?,17-;/m1./s1. The topological polar surface area (TPSA) is 123 Å². The lowest BCUT2D eigenvalue weighted by Crippen LogP contribution is -2.30. The monoisotopic (exact) mass is 410 g/mol. The number of nitrogens with zero attached hydrogens (tertiary/aromatic N) is 5. The first-order valence-corrected chi connectivity index (χ1v) is 9.56. The van der Waals surface area contributed by atoms with Gasteiger partial charge < -0.3 is 20.3 Å². The molecule has 2 aromatic rings. The number of hydrogen-bond donors (Lipinski definition) is 2. The lowest BCUT2D eigenvalue weighted by atomic mass is 9.92. The van der Waals surface area contributed by atoms with Crippen molar-refractivity contribution in [2.75, 3.05) is 13.1 Å². The van der Waals surface area contributed by atoms with Crippen LogP contribution in [-0.4, -0.2) is 61.3 Å². The number of aliphatic hydroxyl groups is 1. The van der Waals surface area contributed by atoms with Gasteiger partial charge in [-0.2, -0.15) is 0 Å². The van der Waals surface area contributed by atoms with Crippen LogP contribution < -0.4 is 5.73 Å². The maximum absolute atomic E-state index is 12.8. The molecule has 0 radical (unpaired) electrons. The Bertz CT molecular complexity index is 801. The minimum atomic E-state index is -0.589. The second-order valence-electron chi connectivity index (χ2n) is 7.83. The molecule has 0 aromatic carbocycles. The van der Waals surface area contributed by atoms with Gasteiger partial charge in [-0.1, -0.05) is 10.4 Å². The number of carbonyl (C=O) groups excluding carboxylic acids is 1. The average molecular weight is 411 g/mol. The van der Waals surface area contributed by atoms with E-state index in [0.717, 1.165) is 37.1 Å². The largest absolute Gasteiger partial charge is 0.391 e. The summed E-state index contributed by atoms with van der Waals surface area (Å²) >= 11 is 0. The highest BCUT2D eigenvalue weighted by atomic mass is 35.5. The second kappa shape index (κ2) is 8.59. The van der Waals surface area contributed by atoms with Crippen LogP contribution in [0, 0.1) is 12.8 Å². The number of aliphatic hydroxyl groups excluding tert-OH is 1. The van der Waals surface area contributed by atoms with Crippen molar-refractivity contribution >= 4 is 18.3 Å².